The van der Waals surface area contributed by atoms with Crippen LogP contribution in [-0.4, -0.2) is 27.0 Å². The maximum Gasteiger partial charge on any atom is 0.251 e. The smallest absolute Gasteiger partial charge is 0.251 e. The summed E-state index contributed by atoms with van der Waals surface area (Å²) in [5.41, 5.74) is 2.15. The number of benzene rings is 2. The lowest BCUT2D eigenvalue weighted by Crippen LogP contribution is -2.39. The molecule has 0 saturated carbocycles. The largest absolute Gasteiger partial charge is 0.386 e. The van der Waals surface area contributed by atoms with E-state index in [1.165, 1.54) is 12.1 Å². The van der Waals surface area contributed by atoms with Crippen LogP contribution in [0.3, 0.4) is 0 Å². The maximum absolute atomic E-state index is 13.9. The van der Waals surface area contributed by atoms with E-state index in [0.29, 0.717) is 12.0 Å². The lowest BCUT2D eigenvalue weighted by atomic mass is 9.99. The molecule has 0 bridgehead atoms. The number of aliphatic hydroxyl groups is 1. The van der Waals surface area contributed by atoms with Gasteiger partial charge in [0.05, 0.1) is 23.4 Å². The molecule has 5 nitrogen and oxygen atoms in total. The first kappa shape index (κ1) is 16.1. The summed E-state index contributed by atoms with van der Waals surface area (Å²) in [7, 11) is 0. The van der Waals surface area contributed by atoms with Gasteiger partial charge in [-0.2, -0.15) is 0 Å². The summed E-state index contributed by atoms with van der Waals surface area (Å²) in [4.78, 5) is 19.5. The predicted molar refractivity (Wildman–Crippen MR) is 89.0 cm³/mol. The van der Waals surface area contributed by atoms with E-state index in [0.717, 1.165) is 11.0 Å². The van der Waals surface area contributed by atoms with Gasteiger partial charge in [0.2, 0.25) is 0 Å². The summed E-state index contributed by atoms with van der Waals surface area (Å²) in [6.07, 6.45) is 0.910. The predicted octanol–water partition coefficient (Wildman–Crippen LogP) is 2.94. The first-order chi connectivity index (χ1) is 11.6. The molecule has 124 valence electrons. The second-order valence-electron chi connectivity index (χ2n) is 5.59. The number of rotatable bonds is 5. The minimum Gasteiger partial charge on any atom is -0.386 e. The molecule has 0 saturated heterocycles. The molecule has 2 atom stereocenters. The molecule has 0 spiro atoms. The Labute approximate surface area is 138 Å². The highest BCUT2D eigenvalue weighted by Gasteiger charge is 2.24. The van der Waals surface area contributed by atoms with Gasteiger partial charge in [0.1, 0.15) is 11.9 Å². The van der Waals surface area contributed by atoms with Gasteiger partial charge in [0.25, 0.3) is 5.91 Å². The Morgan fingerprint density at radius 2 is 2.12 bits per heavy atom. The quantitative estimate of drug-likeness (QED) is 0.674. The van der Waals surface area contributed by atoms with E-state index in [-0.39, 0.29) is 11.5 Å². The number of carbonyl (C=O) groups excluding carboxylic acids is 1. The Bertz CT molecular complexity index is 862. The fraction of sp³-hybridized carbons (Fsp3) is 0.222. The third-order valence-corrected chi connectivity index (χ3v) is 4.04. The molecule has 1 heterocycles. The van der Waals surface area contributed by atoms with Crippen molar-refractivity contribution in [3.63, 3.8) is 0 Å². The highest BCUT2D eigenvalue weighted by Crippen LogP contribution is 2.22. The molecule has 1 amide bonds. The highest BCUT2D eigenvalue weighted by atomic mass is 19.1. The summed E-state index contributed by atoms with van der Waals surface area (Å²) in [6, 6.07) is 10.5. The molecule has 2 aromatic carbocycles. The van der Waals surface area contributed by atoms with Crippen molar-refractivity contribution in [2.75, 3.05) is 0 Å². The van der Waals surface area contributed by atoms with Gasteiger partial charge in [-0.05, 0) is 30.7 Å². The van der Waals surface area contributed by atoms with Crippen LogP contribution in [0.25, 0.3) is 11.0 Å². The molecule has 0 radical (unpaired) electrons. The molecular formula is C18H18FN3O2. The number of halogens is 1. The van der Waals surface area contributed by atoms with Crippen LogP contribution < -0.4 is 5.32 Å². The van der Waals surface area contributed by atoms with E-state index in [1.807, 2.05) is 6.92 Å². The zero-order chi connectivity index (χ0) is 17.1. The van der Waals surface area contributed by atoms with E-state index < -0.39 is 18.0 Å². The van der Waals surface area contributed by atoms with Gasteiger partial charge in [-0.15, -0.1) is 0 Å². The maximum atomic E-state index is 13.9. The van der Waals surface area contributed by atoms with Crippen molar-refractivity contribution in [3.05, 3.63) is 65.7 Å². The van der Waals surface area contributed by atoms with Crippen LogP contribution in [0.15, 0.2) is 48.8 Å². The molecule has 3 N–H and O–H groups in total. The van der Waals surface area contributed by atoms with Crippen LogP contribution in [0.2, 0.25) is 0 Å². The summed E-state index contributed by atoms with van der Waals surface area (Å²) >= 11 is 0. The van der Waals surface area contributed by atoms with Crippen LogP contribution in [0, 0.1) is 5.82 Å². The van der Waals surface area contributed by atoms with Crippen molar-refractivity contribution >= 4 is 16.9 Å². The Kier molecular flexibility index (Phi) is 4.57. The first-order valence-electron chi connectivity index (χ1n) is 7.76. The van der Waals surface area contributed by atoms with Crippen LogP contribution in [-0.2, 0) is 0 Å². The van der Waals surface area contributed by atoms with E-state index >= 15 is 0 Å². The van der Waals surface area contributed by atoms with Gasteiger partial charge in [0.15, 0.2) is 0 Å². The van der Waals surface area contributed by atoms with Crippen LogP contribution in [0.4, 0.5) is 4.39 Å². The number of H-pyrrole nitrogens is 1. The number of aromatic nitrogens is 2. The van der Waals surface area contributed by atoms with Gasteiger partial charge in [-0.1, -0.05) is 25.1 Å². The lowest BCUT2D eigenvalue weighted by Gasteiger charge is -2.23. The number of hydrogen-bond acceptors (Lipinski definition) is 3. The average molecular weight is 327 g/mol. The summed E-state index contributed by atoms with van der Waals surface area (Å²) in [6.45, 7) is 1.83. The van der Waals surface area contributed by atoms with Crippen molar-refractivity contribution < 1.29 is 14.3 Å². The van der Waals surface area contributed by atoms with Crippen molar-refractivity contribution in [1.82, 2.24) is 15.3 Å². The van der Waals surface area contributed by atoms with Gasteiger partial charge >= 0.3 is 0 Å². The normalized spacial score (nSPS) is 13.6. The molecule has 0 fully saturated rings. The van der Waals surface area contributed by atoms with Crippen LogP contribution in [0.1, 0.15) is 35.4 Å². The molecule has 3 rings (SSSR count). The van der Waals surface area contributed by atoms with E-state index in [2.05, 4.69) is 15.3 Å². The van der Waals surface area contributed by atoms with E-state index in [9.17, 15) is 14.3 Å². The summed E-state index contributed by atoms with van der Waals surface area (Å²) < 4.78 is 13.9. The zero-order valence-electron chi connectivity index (χ0n) is 13.2. The number of carbonyl (C=O) groups is 1. The van der Waals surface area contributed by atoms with Gasteiger partial charge in [0, 0.05) is 11.1 Å². The Balaban J connectivity index is 1.79. The number of nitrogens with zero attached hydrogens (tertiary/aromatic N) is 1. The van der Waals surface area contributed by atoms with Crippen LogP contribution >= 0.6 is 0 Å². The number of nitrogens with one attached hydrogen (secondary N) is 2. The summed E-state index contributed by atoms with van der Waals surface area (Å²) in [5.74, 6) is -0.815. The Morgan fingerprint density at radius 3 is 2.88 bits per heavy atom. The second-order valence-corrected chi connectivity index (χ2v) is 5.59. The minimum atomic E-state index is -1.11. The molecule has 1 aromatic heterocycles. The third-order valence-electron chi connectivity index (χ3n) is 4.04. The molecule has 6 heteroatoms. The van der Waals surface area contributed by atoms with Gasteiger partial charge in [-0.25, -0.2) is 9.37 Å². The highest BCUT2D eigenvalue weighted by molar-refractivity contribution is 5.97. The monoisotopic (exact) mass is 327 g/mol. The van der Waals surface area contributed by atoms with Crippen LogP contribution in [0.5, 0.6) is 0 Å². The standard InChI is InChI=1S/C18H18FN3O2/c1-2-14(17(23)12-5-3-4-6-13(12)19)22-18(24)11-7-8-15-16(9-11)21-10-20-15/h3-10,14,17,23H,2H2,1H3,(H,20,21)(H,22,24). The molecule has 3 aromatic rings. The molecule has 0 aliphatic rings. The molecular weight excluding hydrogens is 309 g/mol. The number of aromatic amines is 1. The fourth-order valence-electron chi connectivity index (χ4n) is 2.66. The number of fused-ring (bicyclic) bond motifs is 1. The number of imidazole rings is 1. The Morgan fingerprint density at radius 1 is 1.33 bits per heavy atom. The van der Waals surface area contributed by atoms with Gasteiger partial charge in [-0.3, -0.25) is 4.79 Å². The molecule has 0 aliphatic carbocycles. The van der Waals surface area contributed by atoms with E-state index in [4.69, 9.17) is 0 Å². The fourth-order valence-corrected chi connectivity index (χ4v) is 2.66. The third kappa shape index (κ3) is 3.14. The summed E-state index contributed by atoms with van der Waals surface area (Å²) in [5, 5.41) is 13.2. The topological polar surface area (TPSA) is 78.0 Å². The number of amides is 1. The van der Waals surface area contributed by atoms with Crippen molar-refractivity contribution in [2.24, 2.45) is 0 Å². The number of hydrogen-bond donors (Lipinski definition) is 3. The second kappa shape index (κ2) is 6.80. The van der Waals surface area contributed by atoms with Crippen molar-refractivity contribution in [3.8, 4) is 0 Å². The van der Waals surface area contributed by atoms with Crippen molar-refractivity contribution in [1.29, 1.82) is 0 Å². The zero-order valence-corrected chi connectivity index (χ0v) is 13.2. The SMILES string of the molecule is CCC(NC(=O)c1ccc2nc[nH]c2c1)C(O)c1ccccc1F. The molecule has 0 aliphatic heterocycles. The average Bonchev–Trinajstić information content (AvgIpc) is 3.07. The lowest BCUT2D eigenvalue weighted by molar-refractivity contribution is 0.0819. The Hall–Kier alpha value is -2.73. The number of aliphatic hydroxyl groups excluding tert-OH is 1. The first-order valence-corrected chi connectivity index (χ1v) is 7.76. The van der Waals surface area contributed by atoms with Gasteiger partial charge < -0.3 is 15.4 Å². The molecule has 2 unspecified atom stereocenters. The molecule has 24 heavy (non-hydrogen) atoms. The van der Waals surface area contributed by atoms with Crippen molar-refractivity contribution in [2.45, 2.75) is 25.5 Å². The minimum absolute atomic E-state index is 0.175. The van der Waals surface area contributed by atoms with E-state index in [1.54, 1.807) is 36.7 Å².